The van der Waals surface area contributed by atoms with Gasteiger partial charge in [0.05, 0.1) is 10.6 Å². The van der Waals surface area contributed by atoms with Gasteiger partial charge in [-0.25, -0.2) is 8.42 Å². The second-order valence-electron chi connectivity index (χ2n) is 8.38. The lowest BCUT2D eigenvalue weighted by molar-refractivity contribution is -0.125. The monoisotopic (exact) mass is 471 g/mol. The molecule has 0 saturated carbocycles. The number of fused-ring (bicyclic) bond motifs is 1. The lowest BCUT2D eigenvalue weighted by atomic mass is 10.1. The summed E-state index contributed by atoms with van der Waals surface area (Å²) in [4.78, 5) is 27.2. The van der Waals surface area contributed by atoms with Gasteiger partial charge in [0, 0.05) is 30.9 Å². The number of rotatable bonds is 6. The maximum atomic E-state index is 12.8. The molecule has 0 aliphatic carbocycles. The lowest BCUT2D eigenvalue weighted by Crippen LogP contribution is -2.44. The van der Waals surface area contributed by atoms with Crippen molar-refractivity contribution in [1.82, 2.24) is 4.31 Å². The number of sulfonamides is 1. The van der Waals surface area contributed by atoms with Crippen LogP contribution in [-0.2, 0) is 14.8 Å². The number of anilines is 2. The van der Waals surface area contributed by atoms with E-state index in [1.54, 1.807) is 30.0 Å². The normalized spacial score (nSPS) is 19.0. The van der Waals surface area contributed by atoms with Crippen molar-refractivity contribution < 1.29 is 22.7 Å². The van der Waals surface area contributed by atoms with Gasteiger partial charge in [0.25, 0.3) is 11.8 Å². The van der Waals surface area contributed by atoms with Crippen molar-refractivity contribution in [2.24, 2.45) is 0 Å². The molecule has 0 radical (unpaired) electrons. The van der Waals surface area contributed by atoms with E-state index in [4.69, 9.17) is 4.74 Å². The van der Waals surface area contributed by atoms with Crippen LogP contribution < -0.4 is 15.0 Å². The SMILES string of the molecule is CCCN1C(=O)C(C)Oc2ccc(NC(=O)c3ccc(S(=O)(=O)N4CCCCC4)cc3)cc21. The highest BCUT2D eigenvalue weighted by atomic mass is 32.2. The molecule has 0 spiro atoms. The average molecular weight is 472 g/mol. The number of carbonyl (C=O) groups excluding carboxylic acids is 2. The molecule has 2 heterocycles. The Morgan fingerprint density at radius 1 is 1.09 bits per heavy atom. The summed E-state index contributed by atoms with van der Waals surface area (Å²) in [6.45, 7) is 5.34. The largest absolute Gasteiger partial charge is 0.479 e. The van der Waals surface area contributed by atoms with Crippen LogP contribution in [-0.4, -0.2) is 50.3 Å². The van der Waals surface area contributed by atoms with Gasteiger partial charge in [-0.3, -0.25) is 9.59 Å². The average Bonchev–Trinajstić information content (AvgIpc) is 2.83. The topological polar surface area (TPSA) is 96.0 Å². The van der Waals surface area contributed by atoms with Crippen LogP contribution in [0, 0.1) is 0 Å². The first-order valence-electron chi connectivity index (χ1n) is 11.3. The molecule has 1 N–H and O–H groups in total. The summed E-state index contributed by atoms with van der Waals surface area (Å²) in [6, 6.07) is 11.2. The summed E-state index contributed by atoms with van der Waals surface area (Å²) >= 11 is 0. The summed E-state index contributed by atoms with van der Waals surface area (Å²) in [5.74, 6) is 0.120. The first kappa shape index (κ1) is 23.3. The molecule has 176 valence electrons. The molecule has 1 unspecified atom stereocenters. The standard InChI is InChI=1S/C24H29N3O5S/c1-3-13-27-21-16-19(9-12-22(21)32-17(2)24(27)29)25-23(28)18-7-10-20(11-8-18)33(30,31)26-14-5-4-6-15-26/h7-12,16-17H,3-6,13-15H2,1-2H3,(H,25,28). The van der Waals surface area contributed by atoms with Gasteiger partial charge in [0.1, 0.15) is 5.75 Å². The van der Waals surface area contributed by atoms with E-state index in [1.165, 1.54) is 28.6 Å². The number of carbonyl (C=O) groups is 2. The molecule has 9 heteroatoms. The third-order valence-electron chi connectivity index (χ3n) is 5.94. The van der Waals surface area contributed by atoms with E-state index in [1.807, 2.05) is 6.92 Å². The maximum Gasteiger partial charge on any atom is 0.267 e. The van der Waals surface area contributed by atoms with Gasteiger partial charge < -0.3 is 15.0 Å². The fraction of sp³-hybridized carbons (Fsp3) is 0.417. The Morgan fingerprint density at radius 2 is 1.79 bits per heavy atom. The molecule has 2 aliphatic heterocycles. The van der Waals surface area contributed by atoms with E-state index in [-0.39, 0.29) is 16.7 Å². The van der Waals surface area contributed by atoms with E-state index in [9.17, 15) is 18.0 Å². The highest BCUT2D eigenvalue weighted by Crippen LogP contribution is 2.36. The fourth-order valence-corrected chi connectivity index (χ4v) is 5.69. The summed E-state index contributed by atoms with van der Waals surface area (Å²) in [5, 5.41) is 2.83. The molecule has 4 rings (SSSR count). The van der Waals surface area contributed by atoms with Crippen molar-refractivity contribution in [2.75, 3.05) is 29.9 Å². The highest BCUT2D eigenvalue weighted by Gasteiger charge is 2.31. The first-order chi connectivity index (χ1) is 15.8. The van der Waals surface area contributed by atoms with E-state index < -0.39 is 16.1 Å². The van der Waals surface area contributed by atoms with Gasteiger partial charge in [0.15, 0.2) is 6.10 Å². The summed E-state index contributed by atoms with van der Waals surface area (Å²) in [6.07, 6.45) is 3.02. The van der Waals surface area contributed by atoms with E-state index >= 15 is 0 Å². The molecular formula is C24H29N3O5S. The van der Waals surface area contributed by atoms with E-state index in [0.717, 1.165) is 25.7 Å². The molecule has 1 saturated heterocycles. The zero-order chi connectivity index (χ0) is 23.6. The second kappa shape index (κ2) is 9.52. The molecular weight excluding hydrogens is 442 g/mol. The minimum atomic E-state index is -3.54. The number of ether oxygens (including phenoxy) is 1. The third kappa shape index (κ3) is 4.74. The van der Waals surface area contributed by atoms with Crippen LogP contribution in [0.2, 0.25) is 0 Å². The van der Waals surface area contributed by atoms with Gasteiger partial charge in [-0.2, -0.15) is 4.31 Å². The van der Waals surface area contributed by atoms with Crippen molar-refractivity contribution in [3.63, 3.8) is 0 Å². The summed E-state index contributed by atoms with van der Waals surface area (Å²) in [7, 11) is -3.54. The Labute approximate surface area is 194 Å². The van der Waals surface area contributed by atoms with E-state index in [2.05, 4.69) is 5.32 Å². The second-order valence-corrected chi connectivity index (χ2v) is 10.3. The van der Waals surface area contributed by atoms with Gasteiger partial charge in [-0.05, 0) is 68.7 Å². The highest BCUT2D eigenvalue weighted by molar-refractivity contribution is 7.89. The molecule has 1 fully saturated rings. The zero-order valence-corrected chi connectivity index (χ0v) is 19.7. The van der Waals surface area contributed by atoms with Gasteiger partial charge in [0.2, 0.25) is 10.0 Å². The Bertz CT molecular complexity index is 1140. The fourth-order valence-electron chi connectivity index (χ4n) is 4.17. The number of nitrogens with one attached hydrogen (secondary N) is 1. The Morgan fingerprint density at radius 3 is 2.45 bits per heavy atom. The van der Waals surface area contributed by atoms with Crippen molar-refractivity contribution in [2.45, 2.75) is 50.5 Å². The number of amides is 2. The van der Waals surface area contributed by atoms with E-state index in [0.29, 0.717) is 42.3 Å². The molecule has 1 atom stereocenters. The predicted octanol–water partition coefficient (Wildman–Crippen LogP) is 3.64. The molecule has 2 aromatic rings. The van der Waals surface area contributed by atoms with Crippen LogP contribution >= 0.6 is 0 Å². The van der Waals surface area contributed by atoms with Gasteiger partial charge in [-0.1, -0.05) is 13.3 Å². The Hall–Kier alpha value is -2.91. The predicted molar refractivity (Wildman–Crippen MR) is 126 cm³/mol. The molecule has 2 aromatic carbocycles. The molecule has 8 nitrogen and oxygen atoms in total. The van der Waals surface area contributed by atoms with Crippen LogP contribution in [0.25, 0.3) is 0 Å². The van der Waals surface area contributed by atoms with Crippen LogP contribution in [0.5, 0.6) is 5.75 Å². The molecule has 33 heavy (non-hydrogen) atoms. The number of hydrogen-bond donors (Lipinski definition) is 1. The van der Waals surface area contributed by atoms with Crippen LogP contribution in [0.1, 0.15) is 49.9 Å². The lowest BCUT2D eigenvalue weighted by Gasteiger charge is -2.33. The first-order valence-corrected chi connectivity index (χ1v) is 12.8. The number of benzene rings is 2. The van der Waals surface area contributed by atoms with Gasteiger partial charge >= 0.3 is 0 Å². The minimum Gasteiger partial charge on any atom is -0.479 e. The maximum absolute atomic E-state index is 12.8. The number of nitrogens with zero attached hydrogens (tertiary/aromatic N) is 2. The smallest absolute Gasteiger partial charge is 0.267 e. The molecule has 2 aliphatic rings. The van der Waals surface area contributed by atoms with Crippen LogP contribution in [0.15, 0.2) is 47.4 Å². The number of piperidine rings is 1. The van der Waals surface area contributed by atoms with Crippen LogP contribution in [0.3, 0.4) is 0 Å². The van der Waals surface area contributed by atoms with Gasteiger partial charge in [-0.15, -0.1) is 0 Å². The Balaban J connectivity index is 1.50. The van der Waals surface area contributed by atoms with Crippen molar-refractivity contribution in [3.05, 3.63) is 48.0 Å². The Kier molecular flexibility index (Phi) is 6.71. The molecule has 2 amide bonds. The van der Waals surface area contributed by atoms with Crippen molar-refractivity contribution in [3.8, 4) is 5.75 Å². The van der Waals surface area contributed by atoms with Crippen LogP contribution in [0.4, 0.5) is 11.4 Å². The van der Waals surface area contributed by atoms with Crippen molar-refractivity contribution in [1.29, 1.82) is 0 Å². The number of hydrogen-bond acceptors (Lipinski definition) is 5. The minimum absolute atomic E-state index is 0.113. The van der Waals surface area contributed by atoms with Crippen molar-refractivity contribution >= 4 is 33.2 Å². The summed E-state index contributed by atoms with van der Waals surface area (Å²) < 4.78 is 32.8. The summed E-state index contributed by atoms with van der Waals surface area (Å²) in [5.41, 5.74) is 1.49. The molecule has 0 bridgehead atoms. The molecule has 0 aromatic heterocycles. The third-order valence-corrected chi connectivity index (χ3v) is 7.85. The zero-order valence-electron chi connectivity index (χ0n) is 18.9. The quantitative estimate of drug-likeness (QED) is 0.694.